The monoisotopic (exact) mass is 282 g/mol. The second kappa shape index (κ2) is 6.31. The SMILES string of the molecule is CCN(CC)C1CCN(c2c(F)cc(C=O)cc2F)C1. The number of aldehydes is 1. The van der Waals surface area contributed by atoms with E-state index in [0.717, 1.165) is 31.6 Å². The van der Waals surface area contributed by atoms with Gasteiger partial charge in [0.2, 0.25) is 0 Å². The number of carbonyl (C=O) groups excluding carboxylic acids is 1. The molecular formula is C15H20F2N2O. The van der Waals surface area contributed by atoms with E-state index in [1.165, 1.54) is 0 Å². The van der Waals surface area contributed by atoms with Crippen LogP contribution in [0.3, 0.4) is 0 Å². The van der Waals surface area contributed by atoms with Crippen LogP contribution >= 0.6 is 0 Å². The van der Waals surface area contributed by atoms with E-state index in [1.807, 2.05) is 0 Å². The fraction of sp³-hybridized carbons (Fsp3) is 0.533. The Kier molecular flexibility index (Phi) is 4.70. The molecule has 0 radical (unpaired) electrons. The first-order valence-corrected chi connectivity index (χ1v) is 7.03. The number of rotatable bonds is 5. The highest BCUT2D eigenvalue weighted by Crippen LogP contribution is 2.29. The average Bonchev–Trinajstić information content (AvgIpc) is 2.88. The zero-order valence-corrected chi connectivity index (χ0v) is 11.9. The van der Waals surface area contributed by atoms with Crippen molar-refractivity contribution in [3.8, 4) is 0 Å². The van der Waals surface area contributed by atoms with Crippen LogP contribution < -0.4 is 4.90 Å². The van der Waals surface area contributed by atoms with Gasteiger partial charge in [-0.2, -0.15) is 0 Å². The predicted molar refractivity (Wildman–Crippen MR) is 75.3 cm³/mol. The molecule has 1 atom stereocenters. The second-order valence-corrected chi connectivity index (χ2v) is 5.06. The summed E-state index contributed by atoms with van der Waals surface area (Å²) < 4.78 is 28.0. The molecule has 1 aliphatic rings. The lowest BCUT2D eigenvalue weighted by molar-refractivity contribution is 0.112. The van der Waals surface area contributed by atoms with Crippen molar-refractivity contribution >= 4 is 12.0 Å². The minimum Gasteiger partial charge on any atom is -0.365 e. The average molecular weight is 282 g/mol. The van der Waals surface area contributed by atoms with Crippen LogP contribution in [0, 0.1) is 11.6 Å². The van der Waals surface area contributed by atoms with Crippen molar-refractivity contribution in [2.45, 2.75) is 26.3 Å². The largest absolute Gasteiger partial charge is 0.365 e. The van der Waals surface area contributed by atoms with Crippen molar-refractivity contribution in [1.82, 2.24) is 4.90 Å². The highest BCUT2D eigenvalue weighted by atomic mass is 19.1. The number of carbonyl (C=O) groups is 1. The number of hydrogen-bond donors (Lipinski definition) is 0. The molecular weight excluding hydrogens is 262 g/mol. The molecule has 1 fully saturated rings. The van der Waals surface area contributed by atoms with Gasteiger partial charge in [0.1, 0.15) is 23.6 Å². The minimum atomic E-state index is -0.660. The Morgan fingerprint density at radius 1 is 1.30 bits per heavy atom. The zero-order chi connectivity index (χ0) is 14.7. The Balaban J connectivity index is 2.20. The molecule has 0 bridgehead atoms. The maximum atomic E-state index is 14.0. The molecule has 0 spiro atoms. The van der Waals surface area contributed by atoms with E-state index in [1.54, 1.807) is 4.90 Å². The van der Waals surface area contributed by atoms with Crippen LogP contribution in [0.2, 0.25) is 0 Å². The van der Waals surface area contributed by atoms with E-state index in [4.69, 9.17) is 0 Å². The Morgan fingerprint density at radius 3 is 2.40 bits per heavy atom. The fourth-order valence-corrected chi connectivity index (χ4v) is 2.94. The summed E-state index contributed by atoms with van der Waals surface area (Å²) in [7, 11) is 0. The summed E-state index contributed by atoms with van der Waals surface area (Å²) in [4.78, 5) is 14.6. The first kappa shape index (κ1) is 14.9. The Morgan fingerprint density at radius 2 is 1.90 bits per heavy atom. The predicted octanol–water partition coefficient (Wildman–Crippen LogP) is 2.70. The van der Waals surface area contributed by atoms with Gasteiger partial charge in [-0.25, -0.2) is 8.78 Å². The summed E-state index contributed by atoms with van der Waals surface area (Å²) in [5.41, 5.74) is 0.0218. The van der Waals surface area contributed by atoms with Crippen LogP contribution in [-0.2, 0) is 0 Å². The summed E-state index contributed by atoms with van der Waals surface area (Å²) in [6, 6.07) is 2.52. The molecule has 0 aromatic heterocycles. The van der Waals surface area contributed by atoms with Crippen LogP contribution in [0.25, 0.3) is 0 Å². The van der Waals surface area contributed by atoms with Crippen molar-refractivity contribution in [2.24, 2.45) is 0 Å². The molecule has 1 aromatic rings. The number of hydrogen-bond acceptors (Lipinski definition) is 3. The van der Waals surface area contributed by atoms with E-state index in [9.17, 15) is 13.6 Å². The molecule has 0 saturated carbocycles. The lowest BCUT2D eigenvalue weighted by atomic mass is 10.2. The van der Waals surface area contributed by atoms with Crippen LogP contribution in [0.5, 0.6) is 0 Å². The van der Waals surface area contributed by atoms with Gasteiger partial charge in [0.05, 0.1) is 0 Å². The lowest BCUT2D eigenvalue weighted by Gasteiger charge is -2.27. The van der Waals surface area contributed by atoms with Gasteiger partial charge in [-0.1, -0.05) is 13.8 Å². The third-order valence-corrected chi connectivity index (χ3v) is 3.98. The molecule has 3 nitrogen and oxygen atoms in total. The minimum absolute atomic E-state index is 0.00902. The van der Waals surface area contributed by atoms with Gasteiger partial charge < -0.3 is 4.90 Å². The number of halogens is 2. The molecule has 1 aromatic carbocycles. The summed E-state index contributed by atoms with van der Waals surface area (Å²) in [5, 5.41) is 0. The van der Waals surface area contributed by atoms with Gasteiger partial charge in [0.15, 0.2) is 0 Å². The molecule has 20 heavy (non-hydrogen) atoms. The summed E-state index contributed by atoms with van der Waals surface area (Å²) in [6.45, 7) is 7.30. The third kappa shape index (κ3) is 2.82. The van der Waals surface area contributed by atoms with Gasteiger partial charge in [-0.3, -0.25) is 9.69 Å². The van der Waals surface area contributed by atoms with Gasteiger partial charge >= 0.3 is 0 Å². The first-order chi connectivity index (χ1) is 9.60. The molecule has 0 amide bonds. The van der Waals surface area contributed by atoms with Gasteiger partial charge in [-0.05, 0) is 31.6 Å². The second-order valence-electron chi connectivity index (χ2n) is 5.06. The van der Waals surface area contributed by atoms with E-state index in [-0.39, 0.29) is 11.3 Å². The molecule has 1 unspecified atom stereocenters. The van der Waals surface area contributed by atoms with Gasteiger partial charge in [-0.15, -0.1) is 0 Å². The van der Waals surface area contributed by atoms with Crippen molar-refractivity contribution in [2.75, 3.05) is 31.1 Å². The summed E-state index contributed by atoms with van der Waals surface area (Å²) in [5.74, 6) is -1.32. The topological polar surface area (TPSA) is 23.6 Å². The van der Waals surface area contributed by atoms with E-state index in [2.05, 4.69) is 18.7 Å². The van der Waals surface area contributed by atoms with Crippen LogP contribution in [0.15, 0.2) is 12.1 Å². The van der Waals surface area contributed by atoms with Crippen molar-refractivity contribution in [1.29, 1.82) is 0 Å². The Bertz CT molecular complexity index is 466. The smallest absolute Gasteiger partial charge is 0.150 e. The van der Waals surface area contributed by atoms with Crippen molar-refractivity contribution in [3.05, 3.63) is 29.3 Å². The summed E-state index contributed by atoms with van der Waals surface area (Å²) in [6.07, 6.45) is 1.36. The Hall–Kier alpha value is -1.49. The Labute approximate surface area is 118 Å². The molecule has 1 heterocycles. The molecule has 0 N–H and O–H groups in total. The fourth-order valence-electron chi connectivity index (χ4n) is 2.94. The molecule has 110 valence electrons. The zero-order valence-electron chi connectivity index (χ0n) is 11.9. The standard InChI is InChI=1S/C15H20F2N2O/c1-3-18(4-2)12-5-6-19(9-12)15-13(16)7-11(10-20)8-14(15)17/h7-8,10,12H,3-6,9H2,1-2H3. The maximum absolute atomic E-state index is 14.0. The molecule has 1 saturated heterocycles. The quantitative estimate of drug-likeness (QED) is 0.776. The number of anilines is 1. The number of nitrogens with zero attached hydrogens (tertiary/aromatic N) is 2. The van der Waals surface area contributed by atoms with Crippen LogP contribution in [-0.4, -0.2) is 43.4 Å². The molecule has 1 aliphatic heterocycles. The van der Waals surface area contributed by atoms with Gasteiger partial charge in [0.25, 0.3) is 0 Å². The molecule has 0 aliphatic carbocycles. The molecule has 2 rings (SSSR count). The molecule has 5 heteroatoms. The van der Waals surface area contributed by atoms with Crippen LogP contribution in [0.1, 0.15) is 30.6 Å². The van der Waals surface area contributed by atoms with E-state index < -0.39 is 11.6 Å². The first-order valence-electron chi connectivity index (χ1n) is 7.03. The van der Waals surface area contributed by atoms with E-state index in [0.29, 0.717) is 25.4 Å². The normalized spacial score (nSPS) is 18.9. The highest BCUT2D eigenvalue weighted by Gasteiger charge is 2.29. The van der Waals surface area contributed by atoms with Gasteiger partial charge in [0, 0.05) is 24.7 Å². The van der Waals surface area contributed by atoms with E-state index >= 15 is 0 Å². The summed E-state index contributed by atoms with van der Waals surface area (Å²) >= 11 is 0. The number of benzene rings is 1. The maximum Gasteiger partial charge on any atom is 0.150 e. The number of likely N-dealkylation sites (N-methyl/N-ethyl adjacent to an activating group) is 1. The highest BCUT2D eigenvalue weighted by molar-refractivity contribution is 5.76. The third-order valence-electron chi connectivity index (χ3n) is 3.98. The van der Waals surface area contributed by atoms with Crippen molar-refractivity contribution in [3.63, 3.8) is 0 Å². The van der Waals surface area contributed by atoms with Crippen molar-refractivity contribution < 1.29 is 13.6 Å². The lowest BCUT2D eigenvalue weighted by Crippen LogP contribution is -2.37. The van der Waals surface area contributed by atoms with Crippen LogP contribution in [0.4, 0.5) is 14.5 Å².